The molecule has 1 rings (SSSR count). The summed E-state index contributed by atoms with van der Waals surface area (Å²) < 4.78 is 5.11. The first kappa shape index (κ1) is 8.79. The molecule has 0 aliphatic rings. The monoisotopic (exact) mass is 284 g/mol. The van der Waals surface area contributed by atoms with Crippen molar-refractivity contribution in [2.24, 2.45) is 0 Å². The van der Waals surface area contributed by atoms with Gasteiger partial charge in [0.1, 0.15) is 0 Å². The molecule has 0 radical (unpaired) electrons. The molecule has 0 amide bonds. The lowest BCUT2D eigenvalue weighted by molar-refractivity contribution is 0.0603. The molecule has 0 aliphatic carbocycles. The Labute approximate surface area is 81.1 Å². The average Bonchev–Trinajstić information content (AvgIpc) is 2.32. The fraction of sp³-hybridized carbons (Fsp3) is 0.167. The number of methoxy groups -OCH3 is 1. The summed E-state index contributed by atoms with van der Waals surface area (Å²) in [7, 11) is 1.29. The SMILES string of the molecule is COC(=O)c1scc(I)c1O. The van der Waals surface area contributed by atoms with Gasteiger partial charge in [-0.2, -0.15) is 0 Å². The van der Waals surface area contributed by atoms with E-state index in [9.17, 15) is 9.90 Å². The number of esters is 1. The van der Waals surface area contributed by atoms with Crippen molar-refractivity contribution < 1.29 is 14.6 Å². The molecular weight excluding hydrogens is 279 g/mol. The Hall–Kier alpha value is -0.300. The zero-order valence-corrected chi connectivity index (χ0v) is 8.60. The summed E-state index contributed by atoms with van der Waals surface area (Å²) in [5.74, 6) is -0.474. The molecule has 0 aromatic carbocycles. The largest absolute Gasteiger partial charge is 0.505 e. The van der Waals surface area contributed by atoms with Gasteiger partial charge in [-0.3, -0.25) is 0 Å². The van der Waals surface area contributed by atoms with Gasteiger partial charge in [-0.1, -0.05) is 0 Å². The van der Waals surface area contributed by atoms with Gasteiger partial charge >= 0.3 is 5.97 Å². The maximum Gasteiger partial charge on any atom is 0.351 e. The third-order valence-electron chi connectivity index (χ3n) is 1.09. The number of halogens is 1. The third-order valence-corrected chi connectivity index (χ3v) is 3.29. The number of carbonyl (C=O) groups excluding carboxylic acids is 1. The molecule has 1 aromatic rings. The normalized spacial score (nSPS) is 9.64. The highest BCUT2D eigenvalue weighted by atomic mass is 127. The van der Waals surface area contributed by atoms with Gasteiger partial charge in [0.05, 0.1) is 10.7 Å². The van der Waals surface area contributed by atoms with Crippen molar-refractivity contribution in [3.8, 4) is 5.75 Å². The summed E-state index contributed by atoms with van der Waals surface area (Å²) in [6.07, 6.45) is 0. The van der Waals surface area contributed by atoms with Crippen LogP contribution in [0.15, 0.2) is 5.38 Å². The molecule has 11 heavy (non-hydrogen) atoms. The number of carbonyl (C=O) groups is 1. The van der Waals surface area contributed by atoms with Crippen molar-refractivity contribution >= 4 is 39.9 Å². The van der Waals surface area contributed by atoms with Crippen molar-refractivity contribution in [2.45, 2.75) is 0 Å². The van der Waals surface area contributed by atoms with Crippen LogP contribution in [0, 0.1) is 3.57 Å². The molecule has 0 bridgehead atoms. The molecule has 0 atom stereocenters. The summed E-state index contributed by atoms with van der Waals surface area (Å²) in [6.45, 7) is 0. The molecule has 0 unspecified atom stereocenters. The van der Waals surface area contributed by atoms with E-state index in [1.54, 1.807) is 5.38 Å². The third kappa shape index (κ3) is 1.64. The fourth-order valence-corrected chi connectivity index (χ4v) is 2.14. The highest BCUT2D eigenvalue weighted by Crippen LogP contribution is 2.30. The van der Waals surface area contributed by atoms with Crippen LogP contribution in [0.3, 0.4) is 0 Å². The van der Waals surface area contributed by atoms with Crippen LogP contribution in [0.2, 0.25) is 0 Å². The average molecular weight is 284 g/mol. The summed E-state index contributed by atoms with van der Waals surface area (Å²) in [5, 5.41) is 10.9. The summed E-state index contributed by atoms with van der Waals surface area (Å²) in [4.78, 5) is 11.1. The van der Waals surface area contributed by atoms with Crippen molar-refractivity contribution in [1.29, 1.82) is 0 Å². The van der Waals surface area contributed by atoms with Crippen molar-refractivity contribution in [3.05, 3.63) is 13.8 Å². The number of hydrogen-bond acceptors (Lipinski definition) is 4. The Kier molecular flexibility index (Phi) is 2.72. The number of hydrogen-bond donors (Lipinski definition) is 1. The Bertz CT molecular complexity index is 281. The maximum absolute atomic E-state index is 10.9. The predicted molar refractivity (Wildman–Crippen MR) is 50.0 cm³/mol. The van der Waals surface area contributed by atoms with Crippen molar-refractivity contribution in [3.63, 3.8) is 0 Å². The predicted octanol–water partition coefficient (Wildman–Crippen LogP) is 1.84. The van der Waals surface area contributed by atoms with E-state index < -0.39 is 5.97 Å². The molecule has 1 aromatic heterocycles. The van der Waals surface area contributed by atoms with E-state index in [2.05, 4.69) is 4.74 Å². The number of rotatable bonds is 1. The smallest absolute Gasteiger partial charge is 0.351 e. The summed E-state index contributed by atoms with van der Waals surface area (Å²) >= 11 is 3.12. The van der Waals surface area contributed by atoms with E-state index in [1.807, 2.05) is 22.6 Å². The van der Waals surface area contributed by atoms with Crippen LogP contribution < -0.4 is 0 Å². The van der Waals surface area contributed by atoms with Crippen molar-refractivity contribution in [2.75, 3.05) is 7.11 Å². The molecule has 60 valence electrons. The van der Waals surface area contributed by atoms with Crippen LogP contribution in [-0.2, 0) is 4.74 Å². The highest BCUT2D eigenvalue weighted by Gasteiger charge is 2.15. The van der Waals surface area contributed by atoms with Crippen LogP contribution in [0.4, 0.5) is 0 Å². The first-order chi connectivity index (χ1) is 5.16. The van der Waals surface area contributed by atoms with Gasteiger partial charge in [-0.15, -0.1) is 11.3 Å². The quantitative estimate of drug-likeness (QED) is 0.632. The van der Waals surface area contributed by atoms with Gasteiger partial charge < -0.3 is 9.84 Å². The minimum Gasteiger partial charge on any atom is -0.505 e. The van der Waals surface area contributed by atoms with Gasteiger partial charge in [0.2, 0.25) is 0 Å². The van der Waals surface area contributed by atoms with E-state index in [0.29, 0.717) is 3.57 Å². The zero-order valence-electron chi connectivity index (χ0n) is 5.63. The molecule has 3 nitrogen and oxygen atoms in total. The van der Waals surface area contributed by atoms with Crippen LogP contribution in [0.5, 0.6) is 5.75 Å². The van der Waals surface area contributed by atoms with E-state index in [1.165, 1.54) is 18.4 Å². The molecule has 0 aliphatic heterocycles. The first-order valence-corrected chi connectivity index (χ1v) is 4.67. The minimum atomic E-state index is -0.490. The Balaban J connectivity index is 3.04. The fourth-order valence-electron chi connectivity index (χ4n) is 0.568. The highest BCUT2D eigenvalue weighted by molar-refractivity contribution is 14.1. The molecule has 0 saturated carbocycles. The van der Waals surface area contributed by atoms with E-state index >= 15 is 0 Å². The molecule has 1 heterocycles. The molecule has 0 spiro atoms. The number of ether oxygens (including phenoxy) is 1. The van der Waals surface area contributed by atoms with Gasteiger partial charge in [0.15, 0.2) is 10.6 Å². The Morgan fingerprint density at radius 1 is 1.82 bits per heavy atom. The Morgan fingerprint density at radius 3 is 2.82 bits per heavy atom. The molecular formula is C6H5IO3S. The van der Waals surface area contributed by atoms with Crippen molar-refractivity contribution in [1.82, 2.24) is 0 Å². The second kappa shape index (κ2) is 3.40. The summed E-state index contributed by atoms with van der Waals surface area (Å²) in [6, 6.07) is 0. The molecule has 5 heteroatoms. The van der Waals surface area contributed by atoms with Crippen LogP contribution in [-0.4, -0.2) is 18.2 Å². The second-order valence-electron chi connectivity index (χ2n) is 1.75. The molecule has 0 saturated heterocycles. The number of aromatic hydroxyl groups is 1. The maximum atomic E-state index is 10.9. The first-order valence-electron chi connectivity index (χ1n) is 2.71. The lowest BCUT2D eigenvalue weighted by atomic mass is 10.4. The topological polar surface area (TPSA) is 46.5 Å². The lowest BCUT2D eigenvalue weighted by Crippen LogP contribution is -1.97. The van der Waals surface area contributed by atoms with Gasteiger partial charge in [0, 0.05) is 5.38 Å². The van der Waals surface area contributed by atoms with Gasteiger partial charge in [0.25, 0.3) is 0 Å². The van der Waals surface area contributed by atoms with Gasteiger partial charge in [-0.25, -0.2) is 4.79 Å². The summed E-state index contributed by atoms with van der Waals surface area (Å²) in [5.41, 5.74) is 0. The van der Waals surface area contributed by atoms with E-state index in [0.717, 1.165) is 0 Å². The van der Waals surface area contributed by atoms with Crippen LogP contribution >= 0.6 is 33.9 Å². The Morgan fingerprint density at radius 2 is 2.45 bits per heavy atom. The standard InChI is InChI=1S/C6H5IO3S/c1-10-6(9)5-4(8)3(7)2-11-5/h2,8H,1H3. The van der Waals surface area contributed by atoms with Crippen LogP contribution in [0.25, 0.3) is 0 Å². The van der Waals surface area contributed by atoms with E-state index in [-0.39, 0.29) is 10.6 Å². The van der Waals surface area contributed by atoms with Gasteiger partial charge in [-0.05, 0) is 22.6 Å². The minimum absolute atomic E-state index is 0.0162. The number of thiophene rings is 1. The lowest BCUT2D eigenvalue weighted by Gasteiger charge is -1.94. The molecule has 0 fully saturated rings. The van der Waals surface area contributed by atoms with E-state index in [4.69, 9.17) is 0 Å². The second-order valence-corrected chi connectivity index (χ2v) is 3.79. The molecule has 1 N–H and O–H groups in total. The van der Waals surface area contributed by atoms with Crippen LogP contribution in [0.1, 0.15) is 9.67 Å². The zero-order chi connectivity index (χ0) is 8.43.